The highest BCUT2D eigenvalue weighted by molar-refractivity contribution is 5.69. The SMILES string of the molecule is CC.CCOc1ccc(-c2ccc(C)cc2C)cc1C. The van der Waals surface area contributed by atoms with Gasteiger partial charge in [-0.2, -0.15) is 0 Å². The van der Waals surface area contributed by atoms with E-state index in [-0.39, 0.29) is 0 Å². The highest BCUT2D eigenvalue weighted by Gasteiger charge is 2.05. The van der Waals surface area contributed by atoms with Crippen molar-refractivity contribution in [1.29, 1.82) is 0 Å². The van der Waals surface area contributed by atoms with Gasteiger partial charge in [-0.25, -0.2) is 0 Å². The van der Waals surface area contributed by atoms with E-state index in [1.165, 1.54) is 27.8 Å². The van der Waals surface area contributed by atoms with Crippen LogP contribution in [0.3, 0.4) is 0 Å². The van der Waals surface area contributed by atoms with Crippen LogP contribution in [0.25, 0.3) is 11.1 Å². The molecule has 0 amide bonds. The van der Waals surface area contributed by atoms with Gasteiger partial charge in [-0.05, 0) is 62.1 Å². The Hall–Kier alpha value is -1.76. The van der Waals surface area contributed by atoms with Crippen LogP contribution in [0.1, 0.15) is 37.5 Å². The number of aryl methyl sites for hydroxylation is 3. The van der Waals surface area contributed by atoms with Gasteiger partial charge in [0.25, 0.3) is 0 Å². The maximum atomic E-state index is 5.58. The van der Waals surface area contributed by atoms with E-state index in [1.807, 2.05) is 20.8 Å². The number of hydrogen-bond donors (Lipinski definition) is 0. The van der Waals surface area contributed by atoms with E-state index in [9.17, 15) is 0 Å². The zero-order valence-electron chi connectivity index (χ0n) is 13.6. The van der Waals surface area contributed by atoms with Crippen LogP contribution >= 0.6 is 0 Å². The molecule has 0 aliphatic rings. The lowest BCUT2D eigenvalue weighted by Crippen LogP contribution is -1.94. The molecule has 2 rings (SSSR count). The van der Waals surface area contributed by atoms with E-state index >= 15 is 0 Å². The fourth-order valence-electron chi connectivity index (χ4n) is 2.27. The van der Waals surface area contributed by atoms with Crippen molar-refractivity contribution in [3.05, 3.63) is 53.1 Å². The summed E-state index contributed by atoms with van der Waals surface area (Å²) in [7, 11) is 0. The van der Waals surface area contributed by atoms with Gasteiger partial charge < -0.3 is 4.74 Å². The fourth-order valence-corrected chi connectivity index (χ4v) is 2.27. The zero-order valence-corrected chi connectivity index (χ0v) is 13.6. The topological polar surface area (TPSA) is 9.23 Å². The summed E-state index contributed by atoms with van der Waals surface area (Å²) in [5, 5.41) is 0. The Bertz CT molecular complexity index is 556. The molecule has 1 heteroatoms. The Morgan fingerprint density at radius 3 is 2.10 bits per heavy atom. The molecule has 0 bridgehead atoms. The molecule has 20 heavy (non-hydrogen) atoms. The molecular formula is C19H26O. The summed E-state index contributed by atoms with van der Waals surface area (Å²) in [6.45, 7) is 13.1. The monoisotopic (exact) mass is 270 g/mol. The van der Waals surface area contributed by atoms with Crippen molar-refractivity contribution in [3.8, 4) is 16.9 Å². The van der Waals surface area contributed by atoms with Crippen molar-refractivity contribution in [1.82, 2.24) is 0 Å². The summed E-state index contributed by atoms with van der Waals surface area (Å²) in [4.78, 5) is 0. The van der Waals surface area contributed by atoms with E-state index in [4.69, 9.17) is 4.74 Å². The first-order valence-electron chi connectivity index (χ1n) is 7.43. The van der Waals surface area contributed by atoms with Gasteiger partial charge in [0.1, 0.15) is 5.75 Å². The molecular weight excluding hydrogens is 244 g/mol. The number of benzene rings is 2. The Morgan fingerprint density at radius 1 is 0.850 bits per heavy atom. The third kappa shape index (κ3) is 3.86. The molecule has 0 heterocycles. The van der Waals surface area contributed by atoms with Crippen LogP contribution in [-0.2, 0) is 0 Å². The molecule has 108 valence electrons. The molecule has 2 aromatic carbocycles. The van der Waals surface area contributed by atoms with Gasteiger partial charge in [0.2, 0.25) is 0 Å². The number of rotatable bonds is 3. The molecule has 0 unspecified atom stereocenters. The third-order valence-corrected chi connectivity index (χ3v) is 3.17. The van der Waals surface area contributed by atoms with Gasteiger partial charge in [-0.1, -0.05) is 43.7 Å². The van der Waals surface area contributed by atoms with E-state index in [0.717, 1.165) is 5.75 Å². The predicted molar refractivity (Wildman–Crippen MR) is 88.6 cm³/mol. The Balaban J connectivity index is 0.000000956. The molecule has 2 aromatic rings. The first kappa shape index (κ1) is 16.3. The molecule has 0 N–H and O–H groups in total. The van der Waals surface area contributed by atoms with E-state index in [1.54, 1.807) is 0 Å². The van der Waals surface area contributed by atoms with Crippen molar-refractivity contribution < 1.29 is 4.74 Å². The quantitative estimate of drug-likeness (QED) is 0.694. The molecule has 1 nitrogen and oxygen atoms in total. The molecule has 0 spiro atoms. The standard InChI is InChI=1S/C17H20O.C2H6/c1-5-18-17-9-7-15(11-14(17)4)16-8-6-12(2)10-13(16)3;1-2/h6-11H,5H2,1-4H3;1-2H3. The van der Waals surface area contributed by atoms with Gasteiger partial charge in [0.15, 0.2) is 0 Å². The molecule has 0 aromatic heterocycles. The van der Waals surface area contributed by atoms with Crippen molar-refractivity contribution in [2.45, 2.75) is 41.5 Å². The summed E-state index contributed by atoms with van der Waals surface area (Å²) < 4.78 is 5.58. The van der Waals surface area contributed by atoms with Gasteiger partial charge in [-0.3, -0.25) is 0 Å². The summed E-state index contributed by atoms with van der Waals surface area (Å²) in [6, 6.07) is 13.0. The molecule has 0 radical (unpaired) electrons. The Labute approximate surface area is 123 Å². The lowest BCUT2D eigenvalue weighted by atomic mass is 9.97. The normalized spacial score (nSPS) is 9.70. The lowest BCUT2D eigenvalue weighted by Gasteiger charge is -2.11. The van der Waals surface area contributed by atoms with Gasteiger partial charge >= 0.3 is 0 Å². The average molecular weight is 270 g/mol. The van der Waals surface area contributed by atoms with Crippen LogP contribution < -0.4 is 4.74 Å². The number of ether oxygens (including phenoxy) is 1. The second-order valence-electron chi connectivity index (χ2n) is 4.73. The van der Waals surface area contributed by atoms with Gasteiger partial charge in [0.05, 0.1) is 6.61 Å². The predicted octanol–water partition coefficient (Wildman–Crippen LogP) is 5.70. The van der Waals surface area contributed by atoms with E-state index in [2.05, 4.69) is 57.2 Å². The van der Waals surface area contributed by atoms with Crippen molar-refractivity contribution in [2.75, 3.05) is 6.61 Å². The molecule has 0 atom stereocenters. The van der Waals surface area contributed by atoms with Crippen LogP contribution in [0.4, 0.5) is 0 Å². The maximum Gasteiger partial charge on any atom is 0.122 e. The highest BCUT2D eigenvalue weighted by atomic mass is 16.5. The van der Waals surface area contributed by atoms with Crippen LogP contribution in [0.2, 0.25) is 0 Å². The molecule has 0 fully saturated rings. The minimum Gasteiger partial charge on any atom is -0.494 e. The maximum absolute atomic E-state index is 5.58. The summed E-state index contributed by atoms with van der Waals surface area (Å²) in [5.74, 6) is 0.978. The third-order valence-electron chi connectivity index (χ3n) is 3.17. The summed E-state index contributed by atoms with van der Waals surface area (Å²) >= 11 is 0. The second-order valence-corrected chi connectivity index (χ2v) is 4.73. The van der Waals surface area contributed by atoms with Crippen LogP contribution in [0, 0.1) is 20.8 Å². The molecule has 0 aliphatic heterocycles. The highest BCUT2D eigenvalue weighted by Crippen LogP contribution is 2.28. The van der Waals surface area contributed by atoms with Crippen LogP contribution in [0.15, 0.2) is 36.4 Å². The average Bonchev–Trinajstić information content (AvgIpc) is 2.44. The van der Waals surface area contributed by atoms with Gasteiger partial charge in [-0.15, -0.1) is 0 Å². The first-order valence-corrected chi connectivity index (χ1v) is 7.43. The lowest BCUT2D eigenvalue weighted by molar-refractivity contribution is 0.338. The minimum atomic E-state index is 0.712. The zero-order chi connectivity index (χ0) is 15.1. The Kier molecular flexibility index (Phi) is 6.30. The summed E-state index contributed by atoms with van der Waals surface area (Å²) in [5.41, 5.74) is 6.37. The van der Waals surface area contributed by atoms with Crippen molar-refractivity contribution in [3.63, 3.8) is 0 Å². The van der Waals surface area contributed by atoms with Gasteiger partial charge in [0, 0.05) is 0 Å². The fraction of sp³-hybridized carbons (Fsp3) is 0.368. The largest absolute Gasteiger partial charge is 0.494 e. The Morgan fingerprint density at radius 2 is 1.55 bits per heavy atom. The van der Waals surface area contributed by atoms with Crippen molar-refractivity contribution in [2.24, 2.45) is 0 Å². The smallest absolute Gasteiger partial charge is 0.122 e. The second kappa shape index (κ2) is 7.74. The van der Waals surface area contributed by atoms with Crippen LogP contribution in [-0.4, -0.2) is 6.61 Å². The molecule has 0 aliphatic carbocycles. The van der Waals surface area contributed by atoms with E-state index < -0.39 is 0 Å². The van der Waals surface area contributed by atoms with E-state index in [0.29, 0.717) is 6.61 Å². The minimum absolute atomic E-state index is 0.712. The van der Waals surface area contributed by atoms with Crippen molar-refractivity contribution >= 4 is 0 Å². The molecule has 0 saturated heterocycles. The number of hydrogen-bond acceptors (Lipinski definition) is 1. The van der Waals surface area contributed by atoms with Crippen LogP contribution in [0.5, 0.6) is 5.75 Å². The first-order chi connectivity index (χ1) is 9.61. The molecule has 0 saturated carbocycles. The summed E-state index contributed by atoms with van der Waals surface area (Å²) in [6.07, 6.45) is 0.